The first kappa shape index (κ1) is 23.8. The van der Waals surface area contributed by atoms with E-state index in [1.165, 1.54) is 0 Å². The molecule has 34 heavy (non-hydrogen) atoms. The second-order valence-corrected chi connectivity index (χ2v) is 8.73. The minimum absolute atomic E-state index is 0.00542. The fraction of sp³-hybridized carbons (Fsp3) is 0.423. The Morgan fingerprint density at radius 2 is 1.88 bits per heavy atom. The Bertz CT molecular complexity index is 1050. The molecule has 2 aliphatic rings. The Labute approximate surface area is 200 Å². The number of likely N-dealkylation sites (tertiary alicyclic amines) is 1. The number of primary amides is 1. The number of rotatable bonds is 9. The van der Waals surface area contributed by atoms with E-state index in [2.05, 4.69) is 5.32 Å². The van der Waals surface area contributed by atoms with Gasteiger partial charge in [-0.05, 0) is 50.5 Å². The van der Waals surface area contributed by atoms with Crippen LogP contribution in [0.25, 0.3) is 0 Å². The highest BCUT2D eigenvalue weighted by Crippen LogP contribution is 2.34. The van der Waals surface area contributed by atoms with Gasteiger partial charge in [0.25, 0.3) is 11.8 Å². The van der Waals surface area contributed by atoms with Crippen molar-refractivity contribution in [3.63, 3.8) is 0 Å². The first-order valence-corrected chi connectivity index (χ1v) is 11.9. The van der Waals surface area contributed by atoms with Gasteiger partial charge < -0.3 is 25.6 Å². The molecule has 2 aromatic carbocycles. The third-order valence-electron chi connectivity index (χ3n) is 6.55. The van der Waals surface area contributed by atoms with Crippen molar-refractivity contribution in [1.82, 2.24) is 9.80 Å². The van der Waals surface area contributed by atoms with E-state index in [4.69, 9.17) is 10.5 Å². The Hall–Kier alpha value is -3.39. The van der Waals surface area contributed by atoms with Crippen LogP contribution in [0.1, 0.15) is 58.6 Å². The molecule has 8 heteroatoms. The summed E-state index contributed by atoms with van der Waals surface area (Å²) in [6.45, 7) is 4.80. The van der Waals surface area contributed by atoms with Crippen LogP contribution in [-0.4, -0.2) is 60.4 Å². The van der Waals surface area contributed by atoms with Gasteiger partial charge in [-0.1, -0.05) is 24.3 Å². The Morgan fingerprint density at radius 1 is 1.12 bits per heavy atom. The van der Waals surface area contributed by atoms with Gasteiger partial charge in [-0.2, -0.15) is 0 Å². The molecule has 0 aliphatic carbocycles. The number of nitrogens with zero attached hydrogens (tertiary/aromatic N) is 2. The number of carbonyl (C=O) groups is 3. The number of fused-ring (bicyclic) bond motifs is 1. The van der Waals surface area contributed by atoms with Gasteiger partial charge in [-0.3, -0.25) is 14.4 Å². The molecule has 1 atom stereocenters. The molecule has 4 rings (SSSR count). The second kappa shape index (κ2) is 10.7. The number of nitrogens with two attached hydrogens (primary N) is 1. The summed E-state index contributed by atoms with van der Waals surface area (Å²) in [5, 5.41) is 3.47. The van der Waals surface area contributed by atoms with Gasteiger partial charge in [0.2, 0.25) is 5.91 Å². The molecule has 0 bridgehead atoms. The van der Waals surface area contributed by atoms with Gasteiger partial charge in [0.05, 0.1) is 0 Å². The second-order valence-electron chi connectivity index (χ2n) is 8.73. The number of hydrogen-bond acceptors (Lipinski definition) is 5. The molecule has 0 radical (unpaired) electrons. The van der Waals surface area contributed by atoms with E-state index in [0.29, 0.717) is 56.8 Å². The largest absolute Gasteiger partial charge is 0.382 e. The number of benzene rings is 2. The monoisotopic (exact) mass is 464 g/mol. The van der Waals surface area contributed by atoms with Crippen molar-refractivity contribution in [1.29, 1.82) is 0 Å². The molecule has 0 spiro atoms. The lowest BCUT2D eigenvalue weighted by Crippen LogP contribution is -2.41. The van der Waals surface area contributed by atoms with Crippen molar-refractivity contribution in [3.8, 4) is 0 Å². The summed E-state index contributed by atoms with van der Waals surface area (Å²) in [4.78, 5) is 41.2. The highest BCUT2D eigenvalue weighted by Gasteiger charge is 2.36. The van der Waals surface area contributed by atoms with E-state index in [9.17, 15) is 14.4 Å². The summed E-state index contributed by atoms with van der Waals surface area (Å²) >= 11 is 0. The van der Waals surface area contributed by atoms with Gasteiger partial charge in [-0.15, -0.1) is 0 Å². The number of nitrogens with one attached hydrogen (secondary N) is 1. The quantitative estimate of drug-likeness (QED) is 0.555. The van der Waals surface area contributed by atoms with Crippen molar-refractivity contribution >= 4 is 23.4 Å². The molecule has 8 nitrogen and oxygen atoms in total. The Morgan fingerprint density at radius 3 is 2.62 bits per heavy atom. The van der Waals surface area contributed by atoms with Gasteiger partial charge in [0.1, 0.15) is 6.17 Å². The van der Waals surface area contributed by atoms with E-state index < -0.39 is 0 Å². The van der Waals surface area contributed by atoms with Crippen molar-refractivity contribution in [3.05, 3.63) is 65.2 Å². The minimum atomic E-state index is -0.318. The van der Waals surface area contributed by atoms with Crippen LogP contribution in [0, 0.1) is 5.92 Å². The molecule has 3 N–H and O–H groups in total. The zero-order chi connectivity index (χ0) is 24.1. The van der Waals surface area contributed by atoms with Crippen LogP contribution in [0.5, 0.6) is 0 Å². The number of hydrogen-bond donors (Lipinski definition) is 2. The minimum Gasteiger partial charge on any atom is -0.382 e. The molecule has 3 amide bonds. The van der Waals surface area contributed by atoms with Crippen molar-refractivity contribution < 1.29 is 19.1 Å². The van der Waals surface area contributed by atoms with E-state index in [0.717, 1.165) is 17.7 Å². The van der Waals surface area contributed by atoms with Gasteiger partial charge in [0, 0.05) is 61.1 Å². The summed E-state index contributed by atoms with van der Waals surface area (Å²) in [6.07, 6.45) is 1.61. The van der Waals surface area contributed by atoms with Crippen LogP contribution < -0.4 is 11.1 Å². The predicted molar refractivity (Wildman–Crippen MR) is 129 cm³/mol. The van der Waals surface area contributed by atoms with Gasteiger partial charge in [-0.25, -0.2) is 0 Å². The molecule has 1 fully saturated rings. The zero-order valence-electron chi connectivity index (χ0n) is 19.5. The number of piperidine rings is 1. The fourth-order valence-electron chi connectivity index (χ4n) is 4.69. The standard InChI is InChI=1S/C26H32N4O4/c1-2-34-16-6-13-30-24(21-9-3-4-10-22(21)26(30)33)28-20-8-5-7-19(17-20)25(32)29-14-11-18(12-15-29)23(27)31/h3-5,7-10,17-18,24,28H,2,6,11-16H2,1H3,(H2,27,31). The van der Waals surface area contributed by atoms with Gasteiger partial charge >= 0.3 is 0 Å². The first-order valence-electron chi connectivity index (χ1n) is 11.9. The smallest absolute Gasteiger partial charge is 0.256 e. The van der Waals surface area contributed by atoms with E-state index in [-0.39, 0.29) is 29.8 Å². The summed E-state index contributed by atoms with van der Waals surface area (Å²) in [7, 11) is 0. The maximum absolute atomic E-state index is 13.1. The highest BCUT2D eigenvalue weighted by molar-refractivity contribution is 5.99. The SMILES string of the molecule is CCOCCCN1C(=O)c2ccccc2C1Nc1cccc(C(=O)N2CCC(C(N)=O)CC2)c1. The van der Waals surface area contributed by atoms with Crippen molar-refractivity contribution in [2.45, 2.75) is 32.4 Å². The molecule has 2 aromatic rings. The summed E-state index contributed by atoms with van der Waals surface area (Å²) < 4.78 is 5.45. The van der Waals surface area contributed by atoms with E-state index >= 15 is 0 Å². The topological polar surface area (TPSA) is 105 Å². The van der Waals surface area contributed by atoms with Crippen molar-refractivity contribution in [2.24, 2.45) is 11.7 Å². The lowest BCUT2D eigenvalue weighted by Gasteiger charge is -2.31. The summed E-state index contributed by atoms with van der Waals surface area (Å²) in [5.74, 6) is -0.529. The fourth-order valence-corrected chi connectivity index (χ4v) is 4.69. The van der Waals surface area contributed by atoms with E-state index in [1.54, 1.807) is 11.0 Å². The van der Waals surface area contributed by atoms with Crippen LogP contribution in [0.15, 0.2) is 48.5 Å². The Balaban J connectivity index is 1.49. The van der Waals surface area contributed by atoms with Gasteiger partial charge in [0.15, 0.2) is 0 Å². The summed E-state index contributed by atoms with van der Waals surface area (Å²) in [6, 6.07) is 15.0. The number of anilines is 1. The normalized spacial score (nSPS) is 18.1. The molecular formula is C26H32N4O4. The first-order chi connectivity index (χ1) is 16.5. The maximum atomic E-state index is 13.1. The van der Waals surface area contributed by atoms with Crippen LogP contribution in [0.4, 0.5) is 5.69 Å². The average Bonchev–Trinajstić information content (AvgIpc) is 3.12. The molecule has 2 aliphatic heterocycles. The molecule has 0 saturated carbocycles. The number of carbonyl (C=O) groups excluding carboxylic acids is 3. The predicted octanol–water partition coefficient (Wildman–Crippen LogP) is 3.02. The summed E-state index contributed by atoms with van der Waals surface area (Å²) in [5.41, 5.74) is 8.37. The van der Waals surface area contributed by atoms with Crippen LogP contribution in [0.2, 0.25) is 0 Å². The molecule has 1 unspecified atom stereocenters. The van der Waals surface area contributed by atoms with Crippen LogP contribution >= 0.6 is 0 Å². The van der Waals surface area contributed by atoms with Crippen molar-refractivity contribution in [2.75, 3.05) is 38.2 Å². The van der Waals surface area contributed by atoms with E-state index in [1.807, 2.05) is 54.3 Å². The molecular weight excluding hydrogens is 432 g/mol. The third kappa shape index (κ3) is 5.07. The Kier molecular flexibility index (Phi) is 7.47. The highest BCUT2D eigenvalue weighted by atomic mass is 16.5. The van der Waals surface area contributed by atoms with Crippen LogP contribution in [0.3, 0.4) is 0 Å². The number of ether oxygens (including phenoxy) is 1. The molecule has 180 valence electrons. The lowest BCUT2D eigenvalue weighted by atomic mass is 9.96. The number of amides is 3. The third-order valence-corrected chi connectivity index (χ3v) is 6.55. The maximum Gasteiger partial charge on any atom is 0.256 e. The lowest BCUT2D eigenvalue weighted by molar-refractivity contribution is -0.123. The molecule has 0 aromatic heterocycles. The average molecular weight is 465 g/mol. The van der Waals surface area contributed by atoms with Crippen LogP contribution in [-0.2, 0) is 9.53 Å². The zero-order valence-corrected chi connectivity index (χ0v) is 19.5. The molecule has 2 heterocycles. The molecule has 1 saturated heterocycles.